The molecule has 0 rings (SSSR count). The van der Waals surface area contributed by atoms with Crippen LogP contribution in [-0.2, 0) is 9.59 Å². The summed E-state index contributed by atoms with van der Waals surface area (Å²) in [5.41, 5.74) is 0. The first-order valence-corrected chi connectivity index (χ1v) is 4.39. The van der Waals surface area contributed by atoms with Crippen LogP contribution in [0.5, 0.6) is 0 Å². The molecule has 5 heteroatoms. The van der Waals surface area contributed by atoms with Crippen LogP contribution in [0.1, 0.15) is 26.7 Å². The number of hydrogen-bond acceptors (Lipinski definition) is 3. The number of aliphatic carboxylic acids is 1. The van der Waals surface area contributed by atoms with E-state index >= 15 is 0 Å². The van der Waals surface area contributed by atoms with E-state index in [1.807, 2.05) is 6.07 Å². The zero-order valence-corrected chi connectivity index (χ0v) is 8.28. The van der Waals surface area contributed by atoms with Crippen molar-refractivity contribution in [2.75, 3.05) is 0 Å². The number of nitrogens with one attached hydrogen (secondary N) is 1. The molecule has 0 bridgehead atoms. The van der Waals surface area contributed by atoms with Gasteiger partial charge < -0.3 is 10.4 Å². The summed E-state index contributed by atoms with van der Waals surface area (Å²) in [5.74, 6) is -1.66. The second-order valence-electron chi connectivity index (χ2n) is 3.25. The van der Waals surface area contributed by atoms with E-state index in [2.05, 4.69) is 5.32 Å². The first-order chi connectivity index (χ1) is 6.49. The number of carboxylic acid groups (broad SMARTS) is 1. The van der Waals surface area contributed by atoms with Crippen molar-refractivity contribution in [1.82, 2.24) is 5.32 Å². The van der Waals surface area contributed by atoms with Gasteiger partial charge in [0.2, 0.25) is 5.91 Å². The molecule has 0 aromatic rings. The Morgan fingerprint density at radius 3 is 2.43 bits per heavy atom. The molecule has 0 unspecified atom stereocenters. The number of nitriles is 1. The fourth-order valence-electron chi connectivity index (χ4n) is 0.805. The Kier molecular flexibility index (Phi) is 5.30. The van der Waals surface area contributed by atoms with Gasteiger partial charge in [-0.25, -0.2) is 4.79 Å². The molecular weight excluding hydrogens is 184 g/mol. The number of hydrogen-bond donors (Lipinski definition) is 2. The molecule has 0 radical (unpaired) electrons. The maximum Gasteiger partial charge on any atom is 0.326 e. The van der Waals surface area contributed by atoms with E-state index < -0.39 is 12.0 Å². The van der Waals surface area contributed by atoms with Gasteiger partial charge in [0.05, 0.1) is 6.07 Å². The molecule has 2 N–H and O–H groups in total. The summed E-state index contributed by atoms with van der Waals surface area (Å²) in [7, 11) is 0. The van der Waals surface area contributed by atoms with E-state index in [0.717, 1.165) is 0 Å². The minimum absolute atomic E-state index is 0.120. The highest BCUT2D eigenvalue weighted by Gasteiger charge is 2.20. The van der Waals surface area contributed by atoms with Crippen LogP contribution in [0.25, 0.3) is 0 Å². The maximum atomic E-state index is 11.2. The third-order valence-corrected chi connectivity index (χ3v) is 1.68. The lowest BCUT2D eigenvalue weighted by atomic mass is 10.1. The minimum Gasteiger partial charge on any atom is -0.480 e. The van der Waals surface area contributed by atoms with Gasteiger partial charge in [-0.2, -0.15) is 5.26 Å². The smallest absolute Gasteiger partial charge is 0.326 e. The van der Waals surface area contributed by atoms with Gasteiger partial charge in [-0.15, -0.1) is 0 Å². The number of rotatable bonds is 5. The molecule has 14 heavy (non-hydrogen) atoms. The van der Waals surface area contributed by atoms with Gasteiger partial charge in [-0.3, -0.25) is 4.79 Å². The summed E-state index contributed by atoms with van der Waals surface area (Å²) in [6.45, 7) is 3.36. The van der Waals surface area contributed by atoms with Gasteiger partial charge in [-0.05, 0) is 6.42 Å². The monoisotopic (exact) mass is 198 g/mol. The molecule has 78 valence electrons. The molecule has 0 saturated carbocycles. The highest BCUT2D eigenvalue weighted by atomic mass is 16.4. The van der Waals surface area contributed by atoms with Gasteiger partial charge in [-0.1, -0.05) is 13.8 Å². The van der Waals surface area contributed by atoms with E-state index in [1.54, 1.807) is 13.8 Å². The molecule has 0 aromatic heterocycles. The molecular formula is C9H14N2O3. The van der Waals surface area contributed by atoms with Gasteiger partial charge in [0.1, 0.15) is 6.04 Å². The SMILES string of the molecule is CC(C)C(=O)N[C@@H](CCC#N)C(=O)O. The second kappa shape index (κ2) is 5.97. The highest BCUT2D eigenvalue weighted by molar-refractivity contribution is 5.84. The van der Waals surface area contributed by atoms with Gasteiger partial charge >= 0.3 is 5.97 Å². The van der Waals surface area contributed by atoms with Crippen LogP contribution in [-0.4, -0.2) is 23.0 Å². The van der Waals surface area contributed by atoms with Crippen molar-refractivity contribution in [2.45, 2.75) is 32.7 Å². The summed E-state index contributed by atoms with van der Waals surface area (Å²) in [6.07, 6.45) is 0.264. The molecule has 0 heterocycles. The predicted octanol–water partition coefficient (Wildman–Crippen LogP) is 0.516. The van der Waals surface area contributed by atoms with Crippen molar-refractivity contribution in [3.05, 3.63) is 0 Å². The Morgan fingerprint density at radius 2 is 2.07 bits per heavy atom. The first kappa shape index (κ1) is 12.4. The third-order valence-electron chi connectivity index (χ3n) is 1.68. The van der Waals surface area contributed by atoms with Crippen LogP contribution in [0.4, 0.5) is 0 Å². The molecule has 0 fully saturated rings. The Bertz CT molecular complexity index is 255. The number of carbonyl (C=O) groups excluding carboxylic acids is 1. The normalized spacial score (nSPS) is 11.9. The second-order valence-corrected chi connectivity index (χ2v) is 3.25. The minimum atomic E-state index is -1.10. The fourth-order valence-corrected chi connectivity index (χ4v) is 0.805. The predicted molar refractivity (Wildman–Crippen MR) is 49.3 cm³/mol. The number of carboxylic acids is 1. The summed E-state index contributed by atoms with van der Waals surface area (Å²) >= 11 is 0. The van der Waals surface area contributed by atoms with Crippen LogP contribution in [0.3, 0.4) is 0 Å². The summed E-state index contributed by atoms with van der Waals surface area (Å²) in [6, 6.07) is 0.887. The summed E-state index contributed by atoms with van der Waals surface area (Å²) < 4.78 is 0. The van der Waals surface area contributed by atoms with Gasteiger partial charge in [0.25, 0.3) is 0 Å². The molecule has 0 aliphatic rings. The maximum absolute atomic E-state index is 11.2. The Hall–Kier alpha value is -1.57. The number of nitrogens with zero attached hydrogens (tertiary/aromatic N) is 1. The number of amides is 1. The third kappa shape index (κ3) is 4.45. The van der Waals surface area contributed by atoms with E-state index in [9.17, 15) is 9.59 Å². The van der Waals surface area contributed by atoms with E-state index in [4.69, 9.17) is 10.4 Å². The van der Waals surface area contributed by atoms with Crippen LogP contribution in [0.2, 0.25) is 0 Å². The molecule has 0 spiro atoms. The van der Waals surface area contributed by atoms with Crippen molar-refractivity contribution < 1.29 is 14.7 Å². The number of carbonyl (C=O) groups is 2. The first-order valence-electron chi connectivity index (χ1n) is 4.39. The molecule has 0 saturated heterocycles. The lowest BCUT2D eigenvalue weighted by Crippen LogP contribution is -2.42. The van der Waals surface area contributed by atoms with E-state index in [0.29, 0.717) is 0 Å². The van der Waals surface area contributed by atoms with Crippen LogP contribution >= 0.6 is 0 Å². The fraction of sp³-hybridized carbons (Fsp3) is 0.667. The lowest BCUT2D eigenvalue weighted by Gasteiger charge is -2.14. The molecule has 0 aromatic carbocycles. The Balaban J connectivity index is 4.17. The van der Waals surface area contributed by atoms with E-state index in [-0.39, 0.29) is 24.7 Å². The largest absolute Gasteiger partial charge is 0.480 e. The van der Waals surface area contributed by atoms with Gasteiger partial charge in [0, 0.05) is 12.3 Å². The zero-order valence-electron chi connectivity index (χ0n) is 8.28. The van der Waals surface area contributed by atoms with Gasteiger partial charge in [0.15, 0.2) is 0 Å². The highest BCUT2D eigenvalue weighted by Crippen LogP contribution is 1.99. The standard InChI is InChI=1S/C9H14N2O3/c1-6(2)8(12)11-7(9(13)14)4-3-5-10/h6-7H,3-4H2,1-2H3,(H,11,12)(H,13,14)/t7-/m0/s1. The Labute approximate surface area is 82.7 Å². The van der Waals surface area contributed by atoms with Crippen molar-refractivity contribution in [3.8, 4) is 6.07 Å². The Morgan fingerprint density at radius 1 is 1.50 bits per heavy atom. The zero-order chi connectivity index (χ0) is 11.1. The van der Waals surface area contributed by atoms with Crippen molar-refractivity contribution >= 4 is 11.9 Å². The molecule has 1 atom stereocenters. The van der Waals surface area contributed by atoms with Crippen LogP contribution in [0, 0.1) is 17.2 Å². The summed E-state index contributed by atoms with van der Waals surface area (Å²) in [5, 5.41) is 19.4. The molecule has 5 nitrogen and oxygen atoms in total. The molecule has 0 aliphatic heterocycles. The van der Waals surface area contributed by atoms with Crippen LogP contribution < -0.4 is 5.32 Å². The average Bonchev–Trinajstić information content (AvgIpc) is 2.10. The van der Waals surface area contributed by atoms with Crippen molar-refractivity contribution in [3.63, 3.8) is 0 Å². The van der Waals surface area contributed by atoms with Crippen molar-refractivity contribution in [2.24, 2.45) is 5.92 Å². The quantitative estimate of drug-likeness (QED) is 0.673. The van der Waals surface area contributed by atoms with E-state index in [1.165, 1.54) is 0 Å². The molecule has 1 amide bonds. The van der Waals surface area contributed by atoms with Crippen molar-refractivity contribution in [1.29, 1.82) is 5.26 Å². The average molecular weight is 198 g/mol. The lowest BCUT2D eigenvalue weighted by molar-refractivity contribution is -0.142. The van der Waals surface area contributed by atoms with Crippen LogP contribution in [0.15, 0.2) is 0 Å². The molecule has 0 aliphatic carbocycles. The summed E-state index contributed by atoms with van der Waals surface area (Å²) in [4.78, 5) is 21.8. The topological polar surface area (TPSA) is 90.2 Å².